The Morgan fingerprint density at radius 3 is 2.75 bits per heavy atom. The minimum atomic E-state index is 0.525. The lowest BCUT2D eigenvalue weighted by atomic mass is 9.99. The zero-order valence-corrected chi connectivity index (χ0v) is 10.6. The first-order chi connectivity index (χ1) is 7.72. The number of aromatic amines is 1. The van der Waals surface area contributed by atoms with Gasteiger partial charge in [-0.15, -0.1) is 0 Å². The molecule has 0 bridgehead atoms. The van der Waals surface area contributed by atoms with Crippen molar-refractivity contribution in [1.29, 1.82) is 0 Å². The second kappa shape index (κ2) is 5.00. The van der Waals surface area contributed by atoms with E-state index in [-0.39, 0.29) is 0 Å². The second-order valence-electron chi connectivity index (χ2n) is 5.04. The highest BCUT2D eigenvalue weighted by Crippen LogP contribution is 2.25. The highest BCUT2D eigenvalue weighted by Gasteiger charge is 2.20. The number of nitrogens with zero attached hydrogens (tertiary/aromatic N) is 1. The summed E-state index contributed by atoms with van der Waals surface area (Å²) in [6, 6.07) is 0. The van der Waals surface area contributed by atoms with E-state index < -0.39 is 0 Å². The number of imidazole rings is 1. The summed E-state index contributed by atoms with van der Waals surface area (Å²) in [6.07, 6.45) is 3.59. The van der Waals surface area contributed by atoms with Crippen molar-refractivity contribution >= 4 is 0 Å². The zero-order chi connectivity index (χ0) is 11.5. The summed E-state index contributed by atoms with van der Waals surface area (Å²) in [7, 11) is 0. The quantitative estimate of drug-likeness (QED) is 0.823. The van der Waals surface area contributed by atoms with Crippen molar-refractivity contribution in [2.45, 2.75) is 51.9 Å². The van der Waals surface area contributed by atoms with Crippen LogP contribution in [0.5, 0.6) is 0 Å². The molecule has 1 aromatic heterocycles. The van der Waals surface area contributed by atoms with Crippen molar-refractivity contribution in [2.24, 2.45) is 0 Å². The first kappa shape index (κ1) is 11.6. The van der Waals surface area contributed by atoms with Gasteiger partial charge in [-0.25, -0.2) is 4.98 Å². The van der Waals surface area contributed by atoms with Gasteiger partial charge in [0.05, 0.1) is 5.69 Å². The predicted molar refractivity (Wildman–Crippen MR) is 66.9 cm³/mol. The van der Waals surface area contributed by atoms with Crippen molar-refractivity contribution in [3.05, 3.63) is 17.2 Å². The summed E-state index contributed by atoms with van der Waals surface area (Å²) in [5, 5.41) is 3.45. The minimum absolute atomic E-state index is 0.525. The number of nitrogens with one attached hydrogen (secondary N) is 2. The summed E-state index contributed by atoms with van der Waals surface area (Å²) < 4.78 is 0. The van der Waals surface area contributed by atoms with Gasteiger partial charge in [-0.2, -0.15) is 0 Å². The Bertz CT molecular complexity index is 335. The smallest absolute Gasteiger partial charge is 0.110 e. The standard InChI is InChI=1S/C13H23N3/c1-4-11-12(9(2)3)16-13(15-11)10-6-5-7-14-8-10/h9-10,14H,4-8H2,1-3H3,(H,15,16). The van der Waals surface area contributed by atoms with Crippen LogP contribution in [-0.2, 0) is 6.42 Å². The number of piperidine rings is 1. The maximum atomic E-state index is 4.81. The molecule has 0 aliphatic carbocycles. The minimum Gasteiger partial charge on any atom is -0.345 e. The van der Waals surface area contributed by atoms with Gasteiger partial charge in [0.2, 0.25) is 0 Å². The number of H-pyrrole nitrogens is 1. The van der Waals surface area contributed by atoms with E-state index in [1.165, 1.54) is 30.1 Å². The van der Waals surface area contributed by atoms with Crippen LogP contribution in [0.4, 0.5) is 0 Å². The number of hydrogen-bond acceptors (Lipinski definition) is 2. The molecule has 1 aromatic rings. The SMILES string of the molecule is CCc1[nH]c(C2CCCNC2)nc1C(C)C. The molecule has 1 fully saturated rings. The first-order valence-electron chi connectivity index (χ1n) is 6.51. The topological polar surface area (TPSA) is 40.7 Å². The Kier molecular flexibility index (Phi) is 3.64. The highest BCUT2D eigenvalue weighted by molar-refractivity contribution is 5.20. The van der Waals surface area contributed by atoms with Crippen LogP contribution in [0.15, 0.2) is 0 Å². The molecule has 2 N–H and O–H groups in total. The average Bonchev–Trinajstić information content (AvgIpc) is 2.74. The lowest BCUT2D eigenvalue weighted by Crippen LogP contribution is -2.28. The molecule has 3 nitrogen and oxygen atoms in total. The van der Waals surface area contributed by atoms with Gasteiger partial charge in [0.15, 0.2) is 0 Å². The van der Waals surface area contributed by atoms with Crippen LogP contribution in [-0.4, -0.2) is 23.1 Å². The monoisotopic (exact) mass is 221 g/mol. The van der Waals surface area contributed by atoms with E-state index in [9.17, 15) is 0 Å². The van der Waals surface area contributed by atoms with Crippen molar-refractivity contribution in [2.75, 3.05) is 13.1 Å². The van der Waals surface area contributed by atoms with Crippen LogP contribution in [0.1, 0.15) is 62.7 Å². The summed E-state index contributed by atoms with van der Waals surface area (Å²) >= 11 is 0. The van der Waals surface area contributed by atoms with Gasteiger partial charge >= 0.3 is 0 Å². The molecule has 1 aliphatic heterocycles. The van der Waals surface area contributed by atoms with Crippen LogP contribution in [0.3, 0.4) is 0 Å². The third kappa shape index (κ3) is 2.29. The van der Waals surface area contributed by atoms with Crippen LogP contribution in [0.25, 0.3) is 0 Å². The Labute approximate surface area is 98.1 Å². The fraction of sp³-hybridized carbons (Fsp3) is 0.769. The highest BCUT2D eigenvalue weighted by atomic mass is 15.0. The van der Waals surface area contributed by atoms with Crippen molar-refractivity contribution in [1.82, 2.24) is 15.3 Å². The molecule has 16 heavy (non-hydrogen) atoms. The van der Waals surface area contributed by atoms with Gasteiger partial charge in [0.1, 0.15) is 5.82 Å². The van der Waals surface area contributed by atoms with E-state index >= 15 is 0 Å². The molecule has 90 valence electrons. The molecule has 2 heterocycles. The molecule has 0 spiro atoms. The van der Waals surface area contributed by atoms with Crippen molar-refractivity contribution < 1.29 is 0 Å². The summed E-state index contributed by atoms with van der Waals surface area (Å²) in [4.78, 5) is 8.34. The second-order valence-corrected chi connectivity index (χ2v) is 5.04. The number of hydrogen-bond donors (Lipinski definition) is 2. The maximum absolute atomic E-state index is 4.81. The molecule has 1 aliphatic rings. The van der Waals surface area contributed by atoms with Crippen molar-refractivity contribution in [3.8, 4) is 0 Å². The zero-order valence-electron chi connectivity index (χ0n) is 10.6. The summed E-state index contributed by atoms with van der Waals surface area (Å²) in [5.74, 6) is 2.32. The largest absolute Gasteiger partial charge is 0.345 e. The lowest BCUT2D eigenvalue weighted by molar-refractivity contribution is 0.448. The van der Waals surface area contributed by atoms with Crippen LogP contribution < -0.4 is 5.32 Å². The molecular formula is C13H23N3. The summed E-state index contributed by atoms with van der Waals surface area (Å²) in [6.45, 7) is 8.88. The van der Waals surface area contributed by atoms with Crippen LogP contribution in [0, 0.1) is 0 Å². The molecule has 0 radical (unpaired) electrons. The Morgan fingerprint density at radius 1 is 1.44 bits per heavy atom. The van der Waals surface area contributed by atoms with E-state index in [2.05, 4.69) is 31.1 Å². The molecule has 2 rings (SSSR count). The van der Waals surface area contributed by atoms with Gasteiger partial charge in [-0.1, -0.05) is 20.8 Å². The first-order valence-corrected chi connectivity index (χ1v) is 6.51. The molecule has 0 aromatic carbocycles. The van der Waals surface area contributed by atoms with Gasteiger partial charge in [-0.3, -0.25) is 0 Å². The van der Waals surface area contributed by atoms with Crippen LogP contribution in [0.2, 0.25) is 0 Å². The number of aromatic nitrogens is 2. The van der Waals surface area contributed by atoms with E-state index in [0.717, 1.165) is 19.5 Å². The third-order valence-corrected chi connectivity index (χ3v) is 3.41. The van der Waals surface area contributed by atoms with E-state index in [1.807, 2.05) is 0 Å². The number of aryl methyl sites for hydroxylation is 1. The average molecular weight is 221 g/mol. The van der Waals surface area contributed by atoms with Crippen molar-refractivity contribution in [3.63, 3.8) is 0 Å². The van der Waals surface area contributed by atoms with Gasteiger partial charge < -0.3 is 10.3 Å². The number of rotatable bonds is 3. The predicted octanol–water partition coefficient (Wildman–Crippen LogP) is 2.56. The fourth-order valence-electron chi connectivity index (χ4n) is 2.47. The Hall–Kier alpha value is -0.830. The van der Waals surface area contributed by atoms with Gasteiger partial charge in [0, 0.05) is 18.2 Å². The third-order valence-electron chi connectivity index (χ3n) is 3.41. The van der Waals surface area contributed by atoms with E-state index in [0.29, 0.717) is 11.8 Å². The molecule has 0 saturated carbocycles. The lowest BCUT2D eigenvalue weighted by Gasteiger charge is -2.20. The van der Waals surface area contributed by atoms with Crippen LogP contribution >= 0.6 is 0 Å². The normalized spacial score (nSPS) is 21.6. The molecule has 1 atom stereocenters. The Morgan fingerprint density at radius 2 is 2.25 bits per heavy atom. The maximum Gasteiger partial charge on any atom is 0.110 e. The summed E-state index contributed by atoms with van der Waals surface area (Å²) in [5.41, 5.74) is 2.60. The van der Waals surface area contributed by atoms with E-state index in [1.54, 1.807) is 0 Å². The molecular weight excluding hydrogens is 198 g/mol. The van der Waals surface area contributed by atoms with Gasteiger partial charge in [0.25, 0.3) is 0 Å². The molecule has 0 amide bonds. The van der Waals surface area contributed by atoms with Gasteiger partial charge in [-0.05, 0) is 31.7 Å². The molecule has 1 unspecified atom stereocenters. The molecule has 3 heteroatoms. The molecule has 1 saturated heterocycles. The van der Waals surface area contributed by atoms with E-state index in [4.69, 9.17) is 4.98 Å². The fourth-order valence-corrected chi connectivity index (χ4v) is 2.47. The Balaban J connectivity index is 2.20.